The minimum absolute atomic E-state index is 0.0195. The maximum atomic E-state index is 11.1. The largest absolute Gasteiger partial charge is 0.228 e. The van der Waals surface area contributed by atoms with Gasteiger partial charge in [0.1, 0.15) is 5.75 Å². The third kappa shape index (κ3) is 7.61. The number of sulfone groups is 1. The summed E-state index contributed by atoms with van der Waals surface area (Å²) in [5.41, 5.74) is 0.0195. The molecular weight excluding hydrogens is 184 g/mol. The van der Waals surface area contributed by atoms with Crippen molar-refractivity contribution >= 4 is 9.84 Å². The van der Waals surface area contributed by atoms with Crippen LogP contribution in [0.25, 0.3) is 0 Å². The molecule has 2 nitrogen and oxygen atoms in total. The van der Waals surface area contributed by atoms with Crippen LogP contribution in [0.1, 0.15) is 20.8 Å². The zero-order valence-corrected chi connectivity index (χ0v) is 9.19. The number of allylic oxidation sites excluding steroid dienone is 1. The molecule has 3 heteroatoms. The molecule has 0 bridgehead atoms. The fourth-order valence-electron chi connectivity index (χ4n) is 0.734. The molecule has 0 aliphatic rings. The minimum atomic E-state index is -3.08. The molecule has 0 aliphatic heterocycles. The average Bonchev–Trinajstić information content (AvgIpc) is 1.82. The van der Waals surface area contributed by atoms with E-state index in [9.17, 15) is 8.42 Å². The summed E-state index contributed by atoms with van der Waals surface area (Å²) in [7, 11) is -3.08. The van der Waals surface area contributed by atoms with E-state index in [-0.39, 0.29) is 16.9 Å². The molecule has 0 amide bonds. The Bertz CT molecular complexity index is 310. The maximum Gasteiger partial charge on any atom is 0.165 e. The highest BCUT2D eigenvalue weighted by Crippen LogP contribution is 2.14. The number of hydrogen-bond acceptors (Lipinski definition) is 2. The summed E-state index contributed by atoms with van der Waals surface area (Å²) in [5, 5.41) is 0. The Morgan fingerprint density at radius 3 is 2.31 bits per heavy atom. The van der Waals surface area contributed by atoms with Gasteiger partial charge in [-0.05, 0) is 5.41 Å². The lowest BCUT2D eigenvalue weighted by Gasteiger charge is -2.10. The van der Waals surface area contributed by atoms with Crippen LogP contribution in [0.3, 0.4) is 0 Å². The van der Waals surface area contributed by atoms with Gasteiger partial charge in [0, 0.05) is 0 Å². The summed E-state index contributed by atoms with van der Waals surface area (Å²) in [6, 6.07) is 0. The highest BCUT2D eigenvalue weighted by atomic mass is 32.2. The lowest BCUT2D eigenvalue weighted by molar-refractivity contribution is 0.543. The third-order valence-electron chi connectivity index (χ3n) is 1.27. The second-order valence-electron chi connectivity index (χ2n) is 4.03. The van der Waals surface area contributed by atoms with Crippen molar-refractivity contribution in [2.75, 3.05) is 11.5 Å². The quantitative estimate of drug-likeness (QED) is 0.512. The van der Waals surface area contributed by atoms with E-state index >= 15 is 0 Å². The van der Waals surface area contributed by atoms with Crippen LogP contribution in [-0.2, 0) is 9.84 Å². The summed E-state index contributed by atoms with van der Waals surface area (Å²) in [6.07, 6.45) is 8.45. The van der Waals surface area contributed by atoms with Crippen LogP contribution in [0.15, 0.2) is 12.2 Å². The predicted molar refractivity (Wildman–Crippen MR) is 56.1 cm³/mol. The Morgan fingerprint density at radius 1 is 1.38 bits per heavy atom. The van der Waals surface area contributed by atoms with Crippen molar-refractivity contribution in [1.82, 2.24) is 0 Å². The number of terminal acetylenes is 1. The average molecular weight is 200 g/mol. The Kier molecular flexibility index (Phi) is 4.22. The van der Waals surface area contributed by atoms with Gasteiger partial charge >= 0.3 is 0 Å². The summed E-state index contributed by atoms with van der Waals surface area (Å²) >= 11 is 0. The van der Waals surface area contributed by atoms with E-state index in [4.69, 9.17) is 6.42 Å². The van der Waals surface area contributed by atoms with Gasteiger partial charge in [0.2, 0.25) is 0 Å². The molecule has 0 saturated carbocycles. The van der Waals surface area contributed by atoms with Gasteiger partial charge in [-0.2, -0.15) is 0 Å². The minimum Gasteiger partial charge on any atom is -0.228 e. The van der Waals surface area contributed by atoms with Crippen molar-refractivity contribution in [2.45, 2.75) is 20.8 Å². The molecule has 0 radical (unpaired) electrons. The van der Waals surface area contributed by atoms with Gasteiger partial charge in [0.15, 0.2) is 9.84 Å². The second-order valence-corrected chi connectivity index (χ2v) is 6.14. The van der Waals surface area contributed by atoms with E-state index in [1.54, 1.807) is 6.08 Å². The first-order valence-electron chi connectivity index (χ1n) is 4.08. The smallest absolute Gasteiger partial charge is 0.165 e. The number of hydrogen-bond donors (Lipinski definition) is 0. The van der Waals surface area contributed by atoms with Gasteiger partial charge in [0.05, 0.1) is 5.75 Å². The van der Waals surface area contributed by atoms with Crippen molar-refractivity contribution < 1.29 is 8.42 Å². The van der Waals surface area contributed by atoms with Gasteiger partial charge in [-0.15, -0.1) is 6.42 Å². The van der Waals surface area contributed by atoms with E-state index in [0.29, 0.717) is 0 Å². The first-order valence-corrected chi connectivity index (χ1v) is 5.90. The predicted octanol–water partition coefficient (Wildman–Crippen LogP) is 1.64. The SMILES string of the molecule is C#CCS(=O)(=O)C/C=C/C(C)(C)C. The lowest BCUT2D eigenvalue weighted by Crippen LogP contribution is -2.08. The van der Waals surface area contributed by atoms with E-state index in [0.717, 1.165) is 0 Å². The molecule has 0 heterocycles. The van der Waals surface area contributed by atoms with Crippen LogP contribution in [0, 0.1) is 17.8 Å². The fraction of sp³-hybridized carbons (Fsp3) is 0.600. The van der Waals surface area contributed by atoms with Crippen LogP contribution in [0.4, 0.5) is 0 Å². The summed E-state index contributed by atoms with van der Waals surface area (Å²) in [4.78, 5) is 0. The van der Waals surface area contributed by atoms with Crippen molar-refractivity contribution in [3.8, 4) is 12.3 Å². The van der Waals surface area contributed by atoms with Gasteiger partial charge in [-0.1, -0.05) is 38.8 Å². The highest BCUT2D eigenvalue weighted by molar-refractivity contribution is 7.91. The first-order chi connectivity index (χ1) is 5.77. The molecule has 74 valence electrons. The molecule has 0 aromatic heterocycles. The zero-order valence-electron chi connectivity index (χ0n) is 8.37. The van der Waals surface area contributed by atoms with Gasteiger partial charge in [-0.3, -0.25) is 0 Å². The van der Waals surface area contributed by atoms with Crippen molar-refractivity contribution in [3.05, 3.63) is 12.2 Å². The highest BCUT2D eigenvalue weighted by Gasteiger charge is 2.07. The van der Waals surface area contributed by atoms with Crippen molar-refractivity contribution in [3.63, 3.8) is 0 Å². The first kappa shape index (κ1) is 12.2. The third-order valence-corrected chi connectivity index (χ3v) is 2.58. The lowest BCUT2D eigenvalue weighted by atomic mass is 9.97. The van der Waals surface area contributed by atoms with Gasteiger partial charge in [-0.25, -0.2) is 8.42 Å². The molecule has 0 saturated heterocycles. The van der Waals surface area contributed by atoms with Crippen LogP contribution in [0.5, 0.6) is 0 Å². The van der Waals surface area contributed by atoms with E-state index in [1.165, 1.54) is 0 Å². The van der Waals surface area contributed by atoms with Crippen LogP contribution in [0.2, 0.25) is 0 Å². The number of rotatable bonds is 3. The summed E-state index contributed by atoms with van der Waals surface area (Å²) in [6.45, 7) is 6.03. The second kappa shape index (κ2) is 4.48. The van der Waals surface area contributed by atoms with Crippen LogP contribution in [-0.4, -0.2) is 19.9 Å². The molecule has 0 fully saturated rings. The van der Waals surface area contributed by atoms with Crippen LogP contribution >= 0.6 is 0 Å². The topological polar surface area (TPSA) is 34.1 Å². The summed E-state index contributed by atoms with van der Waals surface area (Å²) < 4.78 is 22.2. The van der Waals surface area contributed by atoms with Crippen LogP contribution < -0.4 is 0 Å². The Hall–Kier alpha value is -0.750. The molecular formula is C10H16O2S. The Labute approximate surface area is 81.0 Å². The Balaban J connectivity index is 4.20. The molecule has 0 unspecified atom stereocenters. The Morgan fingerprint density at radius 2 is 1.92 bits per heavy atom. The van der Waals surface area contributed by atoms with E-state index in [2.05, 4.69) is 5.92 Å². The standard InChI is InChI=1S/C10H16O2S/c1-5-8-13(11,12)9-6-7-10(2,3)4/h1,6-7H,8-9H2,2-4H3/b7-6+. The molecule has 0 spiro atoms. The van der Waals surface area contributed by atoms with Crippen molar-refractivity contribution in [1.29, 1.82) is 0 Å². The molecule has 0 aromatic carbocycles. The zero-order chi connectivity index (χ0) is 10.5. The molecule has 0 rings (SSSR count). The van der Waals surface area contributed by atoms with Crippen molar-refractivity contribution in [2.24, 2.45) is 5.41 Å². The van der Waals surface area contributed by atoms with Gasteiger partial charge < -0.3 is 0 Å². The fourth-order valence-corrected chi connectivity index (χ4v) is 1.50. The van der Waals surface area contributed by atoms with E-state index < -0.39 is 9.84 Å². The normalized spacial score (nSPS) is 13.1. The molecule has 0 aliphatic carbocycles. The molecule has 0 N–H and O–H groups in total. The monoisotopic (exact) mass is 200 g/mol. The van der Waals surface area contributed by atoms with E-state index in [1.807, 2.05) is 26.8 Å². The maximum absolute atomic E-state index is 11.1. The molecule has 0 aromatic rings. The summed E-state index contributed by atoms with van der Waals surface area (Å²) in [5.74, 6) is 1.99. The van der Waals surface area contributed by atoms with Gasteiger partial charge in [0.25, 0.3) is 0 Å². The molecule has 0 atom stereocenters. The molecule has 13 heavy (non-hydrogen) atoms.